The van der Waals surface area contributed by atoms with Gasteiger partial charge in [-0.3, -0.25) is 0 Å². The SMILES string of the molecule is Cc1[nH]c(CCOCC(F)(F)F)nc(=S)c1C. The van der Waals surface area contributed by atoms with Crippen LogP contribution in [-0.2, 0) is 11.2 Å². The number of ether oxygens (including phenoxy) is 1. The van der Waals surface area contributed by atoms with Crippen molar-refractivity contribution in [3.05, 3.63) is 21.7 Å². The highest BCUT2D eigenvalue weighted by molar-refractivity contribution is 7.71. The first-order chi connectivity index (χ1) is 7.79. The second kappa shape index (κ2) is 5.59. The highest BCUT2D eigenvalue weighted by Gasteiger charge is 2.27. The molecule has 0 aromatic carbocycles. The van der Waals surface area contributed by atoms with Gasteiger partial charge in [-0.25, -0.2) is 4.98 Å². The minimum Gasteiger partial charge on any atom is -0.372 e. The maximum Gasteiger partial charge on any atom is 0.411 e. The van der Waals surface area contributed by atoms with Gasteiger partial charge in [-0.05, 0) is 13.8 Å². The van der Waals surface area contributed by atoms with Gasteiger partial charge in [0.1, 0.15) is 17.1 Å². The van der Waals surface area contributed by atoms with Crippen molar-refractivity contribution in [3.8, 4) is 0 Å². The van der Waals surface area contributed by atoms with E-state index in [4.69, 9.17) is 12.2 Å². The number of alkyl halides is 3. The van der Waals surface area contributed by atoms with Crippen molar-refractivity contribution in [1.29, 1.82) is 0 Å². The zero-order valence-corrected chi connectivity index (χ0v) is 10.3. The summed E-state index contributed by atoms with van der Waals surface area (Å²) in [4.78, 5) is 7.04. The van der Waals surface area contributed by atoms with Gasteiger partial charge >= 0.3 is 6.18 Å². The molecule has 1 rings (SSSR count). The number of aryl methyl sites for hydroxylation is 1. The highest BCUT2D eigenvalue weighted by atomic mass is 32.1. The number of hydrogen-bond donors (Lipinski definition) is 1. The molecule has 1 heterocycles. The molecule has 7 heteroatoms. The summed E-state index contributed by atoms with van der Waals surface area (Å²) in [6.07, 6.45) is -4.01. The van der Waals surface area contributed by atoms with Crippen molar-refractivity contribution in [2.24, 2.45) is 0 Å². The third-order valence-electron chi connectivity index (χ3n) is 2.20. The van der Waals surface area contributed by atoms with Gasteiger partial charge in [-0.1, -0.05) is 12.2 Å². The maximum absolute atomic E-state index is 11.8. The Labute approximate surface area is 102 Å². The van der Waals surface area contributed by atoms with E-state index < -0.39 is 12.8 Å². The topological polar surface area (TPSA) is 37.9 Å². The van der Waals surface area contributed by atoms with Gasteiger partial charge in [0.25, 0.3) is 0 Å². The van der Waals surface area contributed by atoms with Crippen molar-refractivity contribution in [2.75, 3.05) is 13.2 Å². The van der Waals surface area contributed by atoms with Gasteiger partial charge in [-0.15, -0.1) is 0 Å². The van der Waals surface area contributed by atoms with Crippen LogP contribution in [0.2, 0.25) is 0 Å². The van der Waals surface area contributed by atoms with Crippen LogP contribution in [0.1, 0.15) is 17.1 Å². The first-order valence-corrected chi connectivity index (χ1v) is 5.41. The Bertz CT molecular complexity index is 442. The van der Waals surface area contributed by atoms with Gasteiger partial charge < -0.3 is 9.72 Å². The molecule has 1 aromatic heterocycles. The van der Waals surface area contributed by atoms with Crippen molar-refractivity contribution in [2.45, 2.75) is 26.4 Å². The predicted molar refractivity (Wildman–Crippen MR) is 59.5 cm³/mol. The van der Waals surface area contributed by atoms with Gasteiger partial charge in [0.15, 0.2) is 0 Å². The Hall–Kier alpha value is -0.950. The van der Waals surface area contributed by atoms with E-state index in [9.17, 15) is 13.2 Å². The van der Waals surface area contributed by atoms with Crippen LogP contribution in [-0.4, -0.2) is 29.4 Å². The number of H-pyrrole nitrogens is 1. The molecule has 1 N–H and O–H groups in total. The maximum atomic E-state index is 11.8. The van der Waals surface area contributed by atoms with E-state index in [-0.39, 0.29) is 13.0 Å². The fourth-order valence-corrected chi connectivity index (χ4v) is 1.44. The van der Waals surface area contributed by atoms with Crippen LogP contribution in [0.4, 0.5) is 13.2 Å². The molecule has 0 atom stereocenters. The van der Waals surface area contributed by atoms with E-state index in [1.165, 1.54) is 0 Å². The Balaban J connectivity index is 2.51. The summed E-state index contributed by atoms with van der Waals surface area (Å²) in [5.41, 5.74) is 1.75. The van der Waals surface area contributed by atoms with Crippen molar-refractivity contribution in [1.82, 2.24) is 9.97 Å². The standard InChI is InChI=1S/C10H13F3N2OS/c1-6-7(2)14-8(15-9(6)17)3-4-16-5-10(11,12)13/h3-5H2,1-2H3,(H,14,15,17). The van der Waals surface area contributed by atoms with Crippen LogP contribution in [0.15, 0.2) is 0 Å². The molecular weight excluding hydrogens is 253 g/mol. The molecule has 0 amide bonds. The summed E-state index contributed by atoms with van der Waals surface area (Å²) in [6, 6.07) is 0. The lowest BCUT2D eigenvalue weighted by Gasteiger charge is -2.08. The fraction of sp³-hybridized carbons (Fsp3) is 0.600. The van der Waals surface area contributed by atoms with E-state index in [2.05, 4.69) is 14.7 Å². The van der Waals surface area contributed by atoms with E-state index in [0.29, 0.717) is 10.5 Å². The van der Waals surface area contributed by atoms with Crippen LogP contribution in [0.25, 0.3) is 0 Å². The predicted octanol–water partition coefficient (Wildman–Crippen LogP) is 2.88. The van der Waals surface area contributed by atoms with Crippen molar-refractivity contribution in [3.63, 3.8) is 0 Å². The number of nitrogens with zero attached hydrogens (tertiary/aromatic N) is 1. The van der Waals surface area contributed by atoms with E-state index >= 15 is 0 Å². The summed E-state index contributed by atoms with van der Waals surface area (Å²) >= 11 is 5.01. The monoisotopic (exact) mass is 266 g/mol. The smallest absolute Gasteiger partial charge is 0.372 e. The van der Waals surface area contributed by atoms with Crippen molar-refractivity contribution < 1.29 is 17.9 Å². The average Bonchev–Trinajstić information content (AvgIpc) is 2.19. The molecular formula is C10H13F3N2OS. The number of rotatable bonds is 4. The lowest BCUT2D eigenvalue weighted by Crippen LogP contribution is -2.18. The summed E-state index contributed by atoms with van der Waals surface area (Å²) < 4.78 is 40.4. The molecule has 0 bridgehead atoms. The second-order valence-electron chi connectivity index (χ2n) is 3.66. The van der Waals surface area contributed by atoms with Gasteiger partial charge in [0.2, 0.25) is 0 Å². The molecule has 0 saturated heterocycles. The molecule has 1 aromatic rings. The third-order valence-corrected chi connectivity index (χ3v) is 2.60. The van der Waals surface area contributed by atoms with Crippen LogP contribution in [0.3, 0.4) is 0 Å². The summed E-state index contributed by atoms with van der Waals surface area (Å²) in [5.74, 6) is 0.542. The molecule has 0 aliphatic rings. The Morgan fingerprint density at radius 3 is 2.53 bits per heavy atom. The van der Waals surface area contributed by atoms with E-state index in [1.54, 1.807) is 0 Å². The number of aromatic amines is 1. The lowest BCUT2D eigenvalue weighted by atomic mass is 10.2. The van der Waals surface area contributed by atoms with Gasteiger partial charge in [0.05, 0.1) is 6.61 Å². The van der Waals surface area contributed by atoms with E-state index in [1.807, 2.05) is 13.8 Å². The lowest BCUT2D eigenvalue weighted by molar-refractivity contribution is -0.173. The first kappa shape index (κ1) is 14.1. The Morgan fingerprint density at radius 1 is 1.35 bits per heavy atom. The molecule has 17 heavy (non-hydrogen) atoms. The quantitative estimate of drug-likeness (QED) is 0.672. The second-order valence-corrected chi connectivity index (χ2v) is 4.04. The zero-order valence-electron chi connectivity index (χ0n) is 9.52. The van der Waals surface area contributed by atoms with E-state index in [0.717, 1.165) is 11.3 Å². The molecule has 0 aliphatic heterocycles. The first-order valence-electron chi connectivity index (χ1n) is 5.00. The largest absolute Gasteiger partial charge is 0.411 e. The van der Waals surface area contributed by atoms with Crippen molar-refractivity contribution >= 4 is 12.2 Å². The van der Waals surface area contributed by atoms with Gasteiger partial charge in [-0.2, -0.15) is 13.2 Å². The van der Waals surface area contributed by atoms with Crippen LogP contribution >= 0.6 is 12.2 Å². The van der Waals surface area contributed by atoms with Gasteiger partial charge in [0, 0.05) is 17.7 Å². The average molecular weight is 266 g/mol. The molecule has 0 fully saturated rings. The highest BCUT2D eigenvalue weighted by Crippen LogP contribution is 2.14. The fourth-order valence-electron chi connectivity index (χ4n) is 1.18. The number of hydrogen-bond acceptors (Lipinski definition) is 3. The summed E-state index contributed by atoms with van der Waals surface area (Å²) in [5, 5.41) is 0. The molecule has 96 valence electrons. The van der Waals surface area contributed by atoms with Crippen LogP contribution in [0.5, 0.6) is 0 Å². The summed E-state index contributed by atoms with van der Waals surface area (Å²) in [7, 11) is 0. The molecule has 0 unspecified atom stereocenters. The van der Waals surface area contributed by atoms with Crippen LogP contribution < -0.4 is 0 Å². The Morgan fingerprint density at radius 2 is 2.00 bits per heavy atom. The number of halogens is 3. The number of nitrogens with one attached hydrogen (secondary N) is 1. The Kier molecular flexibility index (Phi) is 4.64. The molecule has 0 spiro atoms. The van der Waals surface area contributed by atoms with Crippen LogP contribution in [0, 0.1) is 18.5 Å². The zero-order chi connectivity index (χ0) is 13.1. The minimum atomic E-state index is -4.29. The molecule has 3 nitrogen and oxygen atoms in total. The normalized spacial score (nSPS) is 11.8. The molecule has 0 aliphatic carbocycles. The number of aromatic nitrogens is 2. The summed E-state index contributed by atoms with van der Waals surface area (Å²) in [6.45, 7) is 2.40. The molecule has 0 saturated carbocycles. The molecule has 0 radical (unpaired) electrons. The minimum absolute atomic E-state index is 0.0414. The third kappa shape index (κ3) is 4.82.